The van der Waals surface area contributed by atoms with Gasteiger partial charge in [-0.05, 0) is 48.6 Å². The van der Waals surface area contributed by atoms with E-state index in [9.17, 15) is 13.2 Å². The van der Waals surface area contributed by atoms with Gasteiger partial charge in [0.05, 0.1) is 10.9 Å². The summed E-state index contributed by atoms with van der Waals surface area (Å²) in [6.45, 7) is 0. The number of carbonyl (C=O) groups is 1. The van der Waals surface area contributed by atoms with Gasteiger partial charge in [0.1, 0.15) is 5.75 Å². The van der Waals surface area contributed by atoms with Crippen molar-refractivity contribution < 1.29 is 13.2 Å². The molecule has 1 N–H and O–H groups in total. The molecule has 0 saturated heterocycles. The Hall–Kier alpha value is -1.85. The van der Waals surface area contributed by atoms with Crippen LogP contribution in [0.2, 0.25) is 5.02 Å². The van der Waals surface area contributed by atoms with Crippen LogP contribution in [0.4, 0.5) is 0 Å². The second-order valence-corrected chi connectivity index (χ2v) is 9.49. The standard InChI is InChI=1S/C21H24ClNO3S/c22-18-11-13-19(14-12-18)27(25,26)15-20(24)23-21(16-7-3-1-4-8-16)17-9-5-2-6-10-17/h1,3-4,7-8,11-14,17,21H,2,5-6,9-10,15H2,(H,23,24)/t21-/m0/s1. The number of rotatable bonds is 6. The molecule has 1 aliphatic rings. The fourth-order valence-electron chi connectivity index (χ4n) is 3.71. The summed E-state index contributed by atoms with van der Waals surface area (Å²) < 4.78 is 25.1. The Morgan fingerprint density at radius 1 is 1.00 bits per heavy atom. The van der Waals surface area contributed by atoms with Crippen molar-refractivity contribution in [2.75, 3.05) is 5.75 Å². The summed E-state index contributed by atoms with van der Waals surface area (Å²) in [5, 5.41) is 3.45. The number of amides is 1. The van der Waals surface area contributed by atoms with Gasteiger partial charge in [-0.3, -0.25) is 4.79 Å². The van der Waals surface area contributed by atoms with Crippen molar-refractivity contribution in [1.29, 1.82) is 0 Å². The highest BCUT2D eigenvalue weighted by Gasteiger charge is 2.28. The van der Waals surface area contributed by atoms with Crippen LogP contribution in [0.1, 0.15) is 43.7 Å². The number of benzene rings is 2. The van der Waals surface area contributed by atoms with Crippen molar-refractivity contribution in [3.8, 4) is 0 Å². The van der Waals surface area contributed by atoms with Crippen LogP contribution in [0.25, 0.3) is 0 Å². The van der Waals surface area contributed by atoms with Crippen LogP contribution in [-0.2, 0) is 14.6 Å². The molecule has 0 spiro atoms. The molecule has 1 saturated carbocycles. The maximum atomic E-state index is 12.6. The topological polar surface area (TPSA) is 63.2 Å². The van der Waals surface area contributed by atoms with E-state index in [1.807, 2.05) is 30.3 Å². The molecule has 2 aromatic rings. The molecule has 2 aromatic carbocycles. The number of carbonyl (C=O) groups excluding carboxylic acids is 1. The number of halogens is 1. The zero-order valence-electron chi connectivity index (χ0n) is 15.1. The normalized spacial score (nSPS) is 16.6. The molecule has 0 radical (unpaired) electrons. The summed E-state index contributed by atoms with van der Waals surface area (Å²) in [6.07, 6.45) is 5.60. The molecule has 1 fully saturated rings. The van der Waals surface area contributed by atoms with E-state index in [0.717, 1.165) is 31.2 Å². The first-order valence-electron chi connectivity index (χ1n) is 9.28. The van der Waals surface area contributed by atoms with Gasteiger partial charge in [-0.2, -0.15) is 0 Å². The van der Waals surface area contributed by atoms with Crippen LogP contribution in [0.3, 0.4) is 0 Å². The first-order chi connectivity index (χ1) is 13.0. The third kappa shape index (κ3) is 5.33. The van der Waals surface area contributed by atoms with Crippen LogP contribution in [0.15, 0.2) is 59.5 Å². The fourth-order valence-corrected chi connectivity index (χ4v) is 4.99. The molecule has 1 atom stereocenters. The van der Waals surface area contributed by atoms with Gasteiger partial charge < -0.3 is 5.32 Å². The van der Waals surface area contributed by atoms with Crippen LogP contribution in [0, 0.1) is 5.92 Å². The molecule has 4 nitrogen and oxygen atoms in total. The quantitative estimate of drug-likeness (QED) is 0.766. The van der Waals surface area contributed by atoms with E-state index in [-0.39, 0.29) is 10.9 Å². The van der Waals surface area contributed by atoms with Crippen molar-refractivity contribution in [2.24, 2.45) is 5.92 Å². The first-order valence-corrected chi connectivity index (χ1v) is 11.3. The summed E-state index contributed by atoms with van der Waals surface area (Å²) in [6, 6.07) is 15.6. The zero-order valence-corrected chi connectivity index (χ0v) is 16.7. The van der Waals surface area contributed by atoms with Gasteiger partial charge in [0.25, 0.3) is 0 Å². The average Bonchev–Trinajstić information content (AvgIpc) is 2.67. The van der Waals surface area contributed by atoms with E-state index in [2.05, 4.69) is 5.32 Å². The second-order valence-electron chi connectivity index (χ2n) is 7.07. The molecule has 0 heterocycles. The largest absolute Gasteiger partial charge is 0.348 e. The molecular formula is C21H24ClNO3S. The smallest absolute Gasteiger partial charge is 0.236 e. The Kier molecular flexibility index (Phi) is 6.55. The lowest BCUT2D eigenvalue weighted by atomic mass is 9.81. The second kappa shape index (κ2) is 8.89. The Morgan fingerprint density at radius 2 is 1.63 bits per heavy atom. The molecule has 6 heteroatoms. The molecule has 0 bridgehead atoms. The minimum absolute atomic E-state index is 0.107. The van der Waals surface area contributed by atoms with E-state index in [1.54, 1.807) is 0 Å². The third-order valence-corrected chi connectivity index (χ3v) is 6.97. The monoisotopic (exact) mass is 405 g/mol. The van der Waals surface area contributed by atoms with Crippen molar-refractivity contribution in [3.63, 3.8) is 0 Å². The highest BCUT2D eigenvalue weighted by molar-refractivity contribution is 7.92. The lowest BCUT2D eigenvalue weighted by Gasteiger charge is -2.31. The van der Waals surface area contributed by atoms with Crippen molar-refractivity contribution in [1.82, 2.24) is 5.32 Å². The van der Waals surface area contributed by atoms with E-state index < -0.39 is 21.5 Å². The Bertz CT molecular complexity index is 860. The van der Waals surface area contributed by atoms with Crippen molar-refractivity contribution >= 4 is 27.3 Å². The summed E-state index contributed by atoms with van der Waals surface area (Å²) >= 11 is 5.82. The molecule has 144 valence electrons. The summed E-state index contributed by atoms with van der Waals surface area (Å²) in [4.78, 5) is 12.7. The average molecular weight is 406 g/mol. The molecule has 0 unspecified atom stereocenters. The first kappa shape index (κ1) is 19.9. The fraction of sp³-hybridized carbons (Fsp3) is 0.381. The van der Waals surface area contributed by atoms with Crippen molar-refractivity contribution in [3.05, 3.63) is 65.2 Å². The van der Waals surface area contributed by atoms with Crippen LogP contribution in [0.5, 0.6) is 0 Å². The van der Waals surface area contributed by atoms with E-state index in [4.69, 9.17) is 11.6 Å². The molecule has 1 amide bonds. The number of hydrogen-bond donors (Lipinski definition) is 1. The van der Waals surface area contributed by atoms with Crippen molar-refractivity contribution in [2.45, 2.75) is 43.0 Å². The van der Waals surface area contributed by atoms with Crippen LogP contribution in [-0.4, -0.2) is 20.1 Å². The van der Waals surface area contributed by atoms with Gasteiger partial charge in [-0.1, -0.05) is 61.2 Å². The minimum Gasteiger partial charge on any atom is -0.348 e. The lowest BCUT2D eigenvalue weighted by molar-refractivity contribution is -0.119. The minimum atomic E-state index is -3.71. The van der Waals surface area contributed by atoms with Gasteiger partial charge in [-0.25, -0.2) is 8.42 Å². The summed E-state index contributed by atoms with van der Waals surface area (Å²) in [5.41, 5.74) is 1.03. The lowest BCUT2D eigenvalue weighted by Crippen LogP contribution is -2.37. The van der Waals surface area contributed by atoms with E-state index in [0.29, 0.717) is 10.9 Å². The highest BCUT2D eigenvalue weighted by Crippen LogP contribution is 2.34. The molecule has 0 aliphatic heterocycles. The molecule has 3 rings (SSSR count). The number of hydrogen-bond acceptors (Lipinski definition) is 3. The zero-order chi connectivity index (χ0) is 19.3. The molecule has 0 aromatic heterocycles. The number of sulfone groups is 1. The van der Waals surface area contributed by atoms with Gasteiger partial charge in [0.15, 0.2) is 9.84 Å². The van der Waals surface area contributed by atoms with Gasteiger partial charge >= 0.3 is 0 Å². The van der Waals surface area contributed by atoms with E-state index in [1.165, 1.54) is 30.7 Å². The Balaban J connectivity index is 1.75. The predicted octanol–water partition coefficient (Wildman–Crippen LogP) is 4.55. The van der Waals surface area contributed by atoms with Gasteiger partial charge in [0.2, 0.25) is 5.91 Å². The molecule has 27 heavy (non-hydrogen) atoms. The van der Waals surface area contributed by atoms with Crippen LogP contribution >= 0.6 is 11.6 Å². The summed E-state index contributed by atoms with van der Waals surface area (Å²) in [7, 11) is -3.71. The number of nitrogens with one attached hydrogen (secondary N) is 1. The van der Waals surface area contributed by atoms with Gasteiger partial charge in [0, 0.05) is 5.02 Å². The van der Waals surface area contributed by atoms with Gasteiger partial charge in [-0.15, -0.1) is 0 Å². The van der Waals surface area contributed by atoms with Crippen LogP contribution < -0.4 is 5.32 Å². The molecular weight excluding hydrogens is 382 g/mol. The maximum absolute atomic E-state index is 12.6. The summed E-state index contributed by atoms with van der Waals surface area (Å²) in [5.74, 6) is -0.697. The molecule has 1 aliphatic carbocycles. The SMILES string of the molecule is O=C(CS(=O)(=O)c1ccc(Cl)cc1)N[C@@H](c1ccccc1)C1CCCCC1. The third-order valence-electron chi connectivity index (χ3n) is 5.09. The Labute approximate surface area is 165 Å². The van der Waals surface area contributed by atoms with E-state index >= 15 is 0 Å². The Morgan fingerprint density at radius 3 is 2.26 bits per heavy atom. The highest BCUT2D eigenvalue weighted by atomic mass is 35.5. The predicted molar refractivity (Wildman–Crippen MR) is 107 cm³/mol. The maximum Gasteiger partial charge on any atom is 0.236 e.